The molecule has 252 valence electrons. The molecule has 3 aliphatic rings. The van der Waals surface area contributed by atoms with Crippen molar-refractivity contribution in [3.63, 3.8) is 0 Å². The molecular formula is C40H49N5O3. The van der Waals surface area contributed by atoms with Crippen LogP contribution in [0.3, 0.4) is 0 Å². The average molecular weight is 648 g/mol. The second-order valence-electron chi connectivity index (χ2n) is 14.7. The molecule has 0 bridgehead atoms. The van der Waals surface area contributed by atoms with Gasteiger partial charge in [-0.05, 0) is 85.5 Å². The van der Waals surface area contributed by atoms with Gasteiger partial charge in [-0.1, -0.05) is 62.4 Å². The van der Waals surface area contributed by atoms with E-state index in [0.29, 0.717) is 25.8 Å². The molecule has 0 unspecified atom stereocenters. The van der Waals surface area contributed by atoms with Crippen molar-refractivity contribution >= 4 is 34.1 Å². The van der Waals surface area contributed by atoms with Gasteiger partial charge in [-0.15, -0.1) is 0 Å². The second kappa shape index (κ2) is 13.1. The number of carbonyl (C=O) groups is 2. The maximum Gasteiger partial charge on any atom is 0.250 e. The molecule has 2 saturated heterocycles. The Morgan fingerprint density at radius 3 is 2.29 bits per heavy atom. The lowest BCUT2D eigenvalue weighted by molar-refractivity contribution is -0.150. The quantitative estimate of drug-likeness (QED) is 0.215. The number of aromatic nitrogens is 1. The van der Waals surface area contributed by atoms with Gasteiger partial charge in [0.05, 0.1) is 13.2 Å². The van der Waals surface area contributed by atoms with E-state index < -0.39 is 5.54 Å². The molecule has 0 radical (unpaired) electrons. The smallest absolute Gasteiger partial charge is 0.250 e. The maximum atomic E-state index is 14.8. The van der Waals surface area contributed by atoms with E-state index in [1.807, 2.05) is 35.2 Å². The predicted octanol–water partition coefficient (Wildman–Crippen LogP) is 6.57. The van der Waals surface area contributed by atoms with Crippen LogP contribution in [0.4, 0.5) is 11.4 Å². The van der Waals surface area contributed by atoms with Gasteiger partial charge >= 0.3 is 0 Å². The number of piperidine rings is 1. The first-order chi connectivity index (χ1) is 23.2. The highest BCUT2D eigenvalue weighted by molar-refractivity contribution is 6.01. The molecule has 1 aromatic heterocycles. The van der Waals surface area contributed by atoms with E-state index in [9.17, 15) is 9.59 Å². The SMILES string of the molecule is Cc1[nH]c2ccccc2c1[C@@H]1[C@H](CC(=O)N(Cc2ccccc2)C2(C(=O)Nc3ccc(N4CCOCC4)cc3)CCN(C)CC2)C1(C)C. The van der Waals surface area contributed by atoms with Gasteiger partial charge in [-0.2, -0.15) is 0 Å². The highest BCUT2D eigenvalue weighted by Crippen LogP contribution is 2.67. The molecule has 3 aromatic carbocycles. The first-order valence-corrected chi connectivity index (χ1v) is 17.5. The number of ether oxygens (including phenoxy) is 1. The minimum atomic E-state index is -0.965. The van der Waals surface area contributed by atoms with Gasteiger partial charge in [0, 0.05) is 67.1 Å². The first kappa shape index (κ1) is 32.4. The monoisotopic (exact) mass is 647 g/mol. The zero-order chi connectivity index (χ0) is 33.5. The second-order valence-corrected chi connectivity index (χ2v) is 14.7. The molecule has 8 nitrogen and oxygen atoms in total. The minimum Gasteiger partial charge on any atom is -0.378 e. The minimum absolute atomic E-state index is 0.0335. The van der Waals surface area contributed by atoms with Crippen molar-refractivity contribution < 1.29 is 14.3 Å². The van der Waals surface area contributed by atoms with Crippen LogP contribution in [0.1, 0.15) is 55.8 Å². The van der Waals surface area contributed by atoms with Crippen molar-refractivity contribution in [3.05, 3.63) is 95.7 Å². The third-order valence-corrected chi connectivity index (χ3v) is 11.4. The summed E-state index contributed by atoms with van der Waals surface area (Å²) in [5.74, 6) is 0.404. The van der Waals surface area contributed by atoms with Crippen molar-refractivity contribution in [2.24, 2.45) is 11.3 Å². The number of rotatable bonds is 9. The number of anilines is 2. The van der Waals surface area contributed by atoms with Crippen molar-refractivity contribution in [3.8, 4) is 0 Å². The molecule has 48 heavy (non-hydrogen) atoms. The van der Waals surface area contributed by atoms with Crippen LogP contribution < -0.4 is 10.2 Å². The largest absolute Gasteiger partial charge is 0.378 e. The summed E-state index contributed by atoms with van der Waals surface area (Å²) in [5, 5.41) is 4.51. The summed E-state index contributed by atoms with van der Waals surface area (Å²) in [7, 11) is 2.09. The molecule has 4 aromatic rings. The Morgan fingerprint density at radius 2 is 1.58 bits per heavy atom. The van der Waals surface area contributed by atoms with Crippen LogP contribution in [0.5, 0.6) is 0 Å². The molecular weight excluding hydrogens is 598 g/mol. The van der Waals surface area contributed by atoms with Gasteiger partial charge in [0.1, 0.15) is 5.54 Å². The molecule has 1 saturated carbocycles. The Labute approximate surface area is 284 Å². The summed E-state index contributed by atoms with van der Waals surface area (Å²) in [4.78, 5) is 39.5. The van der Waals surface area contributed by atoms with Crippen molar-refractivity contribution in [1.29, 1.82) is 0 Å². The van der Waals surface area contributed by atoms with Crippen LogP contribution >= 0.6 is 0 Å². The molecule has 2 amide bonds. The Kier molecular flexibility index (Phi) is 8.81. The Bertz CT molecular complexity index is 1750. The summed E-state index contributed by atoms with van der Waals surface area (Å²) < 4.78 is 5.52. The molecule has 7 rings (SSSR count). The molecule has 1 aliphatic carbocycles. The molecule has 0 spiro atoms. The van der Waals surface area contributed by atoms with E-state index in [0.717, 1.165) is 61.8 Å². The van der Waals surface area contributed by atoms with Gasteiger partial charge in [0.15, 0.2) is 0 Å². The summed E-state index contributed by atoms with van der Waals surface area (Å²) in [6.45, 7) is 11.8. The Hall–Kier alpha value is -4.14. The number of amides is 2. The van der Waals surface area contributed by atoms with Crippen LogP contribution in [0.15, 0.2) is 78.9 Å². The number of benzene rings is 3. The highest BCUT2D eigenvalue weighted by Gasteiger charge is 2.60. The van der Waals surface area contributed by atoms with Crippen molar-refractivity contribution in [2.45, 2.75) is 58.0 Å². The lowest BCUT2D eigenvalue weighted by Crippen LogP contribution is -2.62. The normalized spacial score (nSPS) is 22.0. The van der Waals surface area contributed by atoms with Gasteiger partial charge in [-0.25, -0.2) is 0 Å². The third-order valence-electron chi connectivity index (χ3n) is 11.4. The molecule has 8 heteroatoms. The number of likely N-dealkylation sites (tertiary alicyclic amines) is 1. The molecule has 3 fully saturated rings. The summed E-state index contributed by atoms with van der Waals surface area (Å²) in [5.41, 5.74) is 5.56. The number of fused-ring (bicyclic) bond motifs is 1. The lowest BCUT2D eigenvalue weighted by Gasteiger charge is -2.47. The molecule has 2 aliphatic heterocycles. The molecule has 3 heterocycles. The zero-order valence-corrected chi connectivity index (χ0v) is 28.8. The van der Waals surface area contributed by atoms with Gasteiger partial charge in [-0.3, -0.25) is 9.59 Å². The average Bonchev–Trinajstić information content (AvgIpc) is 3.45. The van der Waals surface area contributed by atoms with Gasteiger partial charge < -0.3 is 29.7 Å². The fraction of sp³-hybridized carbons (Fsp3) is 0.450. The topological polar surface area (TPSA) is 80.9 Å². The van der Waals surface area contributed by atoms with Crippen LogP contribution in [-0.2, 0) is 20.9 Å². The van der Waals surface area contributed by atoms with E-state index in [1.54, 1.807) is 0 Å². The zero-order valence-electron chi connectivity index (χ0n) is 28.8. The van der Waals surface area contributed by atoms with Crippen LogP contribution in [0.2, 0.25) is 0 Å². The van der Waals surface area contributed by atoms with Crippen LogP contribution in [0.25, 0.3) is 10.9 Å². The molecule has 2 atom stereocenters. The third kappa shape index (κ3) is 6.12. The number of nitrogens with one attached hydrogen (secondary N) is 2. The summed E-state index contributed by atoms with van der Waals surface area (Å²) >= 11 is 0. The number of aryl methyl sites for hydroxylation is 1. The predicted molar refractivity (Wildman–Crippen MR) is 192 cm³/mol. The van der Waals surface area contributed by atoms with Crippen molar-refractivity contribution in [1.82, 2.24) is 14.8 Å². The fourth-order valence-electron chi connectivity index (χ4n) is 8.37. The van der Waals surface area contributed by atoms with E-state index in [2.05, 4.69) is 96.5 Å². The number of hydrogen-bond donors (Lipinski definition) is 2. The highest BCUT2D eigenvalue weighted by atomic mass is 16.5. The number of aromatic amines is 1. The standard InChI is InChI=1S/C40H49N5O3/c1-28-36(32-12-8-9-13-34(32)41-28)37-33(39(37,2)3)26-35(46)45(27-29-10-6-5-7-11-29)40(18-20-43(4)21-19-40)38(47)42-30-14-16-31(17-15-30)44-22-24-48-25-23-44/h5-17,33,37,41H,18-27H2,1-4H3,(H,42,47)/t33-,37-/m0/s1. The van der Waals surface area contributed by atoms with E-state index >= 15 is 0 Å². The van der Waals surface area contributed by atoms with Crippen LogP contribution in [0, 0.1) is 18.3 Å². The Balaban J connectivity index is 1.18. The summed E-state index contributed by atoms with van der Waals surface area (Å²) in [6, 6.07) is 26.7. The maximum absolute atomic E-state index is 14.8. The summed E-state index contributed by atoms with van der Waals surface area (Å²) in [6.07, 6.45) is 1.57. The van der Waals surface area contributed by atoms with E-state index in [-0.39, 0.29) is 29.1 Å². The van der Waals surface area contributed by atoms with E-state index in [4.69, 9.17) is 4.74 Å². The number of H-pyrrole nitrogens is 1. The lowest BCUT2D eigenvalue weighted by atomic mass is 9.83. The van der Waals surface area contributed by atoms with Crippen molar-refractivity contribution in [2.75, 3.05) is 56.7 Å². The van der Waals surface area contributed by atoms with Crippen LogP contribution in [-0.4, -0.2) is 78.6 Å². The molecule has 2 N–H and O–H groups in total. The number of carbonyl (C=O) groups excluding carboxylic acids is 2. The number of hydrogen-bond acceptors (Lipinski definition) is 5. The first-order valence-electron chi connectivity index (χ1n) is 17.5. The van der Waals surface area contributed by atoms with Gasteiger partial charge in [0.25, 0.3) is 0 Å². The van der Waals surface area contributed by atoms with Gasteiger partial charge in [0.2, 0.25) is 11.8 Å². The van der Waals surface area contributed by atoms with E-state index in [1.165, 1.54) is 16.6 Å². The Morgan fingerprint density at radius 1 is 0.917 bits per heavy atom. The number of morpholine rings is 1. The number of nitrogens with zero attached hydrogens (tertiary/aromatic N) is 3. The number of para-hydroxylation sites is 1. The fourth-order valence-corrected chi connectivity index (χ4v) is 8.37.